The summed E-state index contributed by atoms with van der Waals surface area (Å²) < 4.78 is 5.81. The van der Waals surface area contributed by atoms with Gasteiger partial charge in [-0.15, -0.1) is 0 Å². The van der Waals surface area contributed by atoms with Crippen LogP contribution in [0.25, 0.3) is 11.1 Å². The highest BCUT2D eigenvalue weighted by Crippen LogP contribution is 2.22. The number of para-hydroxylation sites is 1. The van der Waals surface area contributed by atoms with Gasteiger partial charge in [0.2, 0.25) is 0 Å². The van der Waals surface area contributed by atoms with E-state index < -0.39 is 0 Å². The fraction of sp³-hybridized carbons (Fsp3) is 0.533. The Balaban J connectivity index is 1.69. The van der Waals surface area contributed by atoms with E-state index in [9.17, 15) is 0 Å². The van der Waals surface area contributed by atoms with Gasteiger partial charge in [0, 0.05) is 6.42 Å². The van der Waals surface area contributed by atoms with Crippen molar-refractivity contribution < 1.29 is 4.42 Å². The van der Waals surface area contributed by atoms with E-state index in [2.05, 4.69) is 23.3 Å². The molecule has 18 heavy (non-hydrogen) atoms. The maximum absolute atomic E-state index is 5.81. The summed E-state index contributed by atoms with van der Waals surface area (Å²) in [6, 6.07) is 6.11. The minimum absolute atomic E-state index is 0.787. The Morgan fingerprint density at radius 1 is 1.44 bits per heavy atom. The van der Waals surface area contributed by atoms with Crippen molar-refractivity contribution in [3.05, 3.63) is 29.7 Å². The molecular weight excluding hydrogens is 224 g/mol. The van der Waals surface area contributed by atoms with E-state index in [1.54, 1.807) is 0 Å². The molecule has 1 fully saturated rings. The molecular formula is C15H20N2O. The highest BCUT2D eigenvalue weighted by atomic mass is 16.3. The summed E-state index contributed by atoms with van der Waals surface area (Å²) in [7, 11) is 0. The predicted octanol–water partition coefficient (Wildman–Crippen LogP) is 3.07. The molecule has 1 saturated heterocycles. The average molecular weight is 244 g/mol. The normalized spacial score (nSPS) is 20.4. The number of hydrogen-bond acceptors (Lipinski definition) is 3. The molecule has 3 heteroatoms. The molecule has 1 aromatic carbocycles. The summed E-state index contributed by atoms with van der Waals surface area (Å²) in [5, 5.41) is 3.46. The number of benzene rings is 1. The zero-order valence-corrected chi connectivity index (χ0v) is 10.9. The molecule has 0 spiro atoms. The van der Waals surface area contributed by atoms with Gasteiger partial charge in [-0.3, -0.25) is 0 Å². The monoisotopic (exact) mass is 244 g/mol. The Morgan fingerprint density at radius 3 is 3.17 bits per heavy atom. The largest absolute Gasteiger partial charge is 0.441 e. The molecule has 1 unspecified atom stereocenters. The lowest BCUT2D eigenvalue weighted by atomic mass is 9.95. The molecule has 96 valence electrons. The maximum atomic E-state index is 5.81. The molecule has 0 radical (unpaired) electrons. The molecule has 0 amide bonds. The lowest BCUT2D eigenvalue weighted by Gasteiger charge is -2.21. The third-order valence-corrected chi connectivity index (χ3v) is 3.83. The van der Waals surface area contributed by atoms with Gasteiger partial charge in [0.05, 0.1) is 0 Å². The molecule has 0 aliphatic carbocycles. The second-order valence-corrected chi connectivity index (χ2v) is 5.28. The third-order valence-electron chi connectivity index (χ3n) is 3.83. The lowest BCUT2D eigenvalue weighted by Crippen LogP contribution is -2.29. The summed E-state index contributed by atoms with van der Waals surface area (Å²) in [5.74, 6) is 1.68. The zero-order valence-electron chi connectivity index (χ0n) is 10.9. The van der Waals surface area contributed by atoms with Gasteiger partial charge in [-0.1, -0.05) is 12.1 Å². The Kier molecular flexibility index (Phi) is 3.33. The number of rotatable bonds is 3. The van der Waals surface area contributed by atoms with E-state index in [-0.39, 0.29) is 0 Å². The molecule has 1 aromatic heterocycles. The summed E-state index contributed by atoms with van der Waals surface area (Å²) in [4.78, 5) is 4.61. The number of fused-ring (bicyclic) bond motifs is 1. The number of nitrogens with zero attached hydrogens (tertiary/aromatic N) is 1. The fourth-order valence-electron chi connectivity index (χ4n) is 2.74. The number of oxazole rings is 1. The van der Waals surface area contributed by atoms with Crippen LogP contribution in [-0.2, 0) is 6.42 Å². The van der Waals surface area contributed by atoms with Crippen molar-refractivity contribution >= 4 is 11.1 Å². The first kappa shape index (κ1) is 11.7. The number of piperidine rings is 1. The molecule has 2 aromatic rings. The van der Waals surface area contributed by atoms with Gasteiger partial charge in [-0.2, -0.15) is 0 Å². The standard InChI is InChI=1S/C15H20N2O/c1-11-4-2-6-13-15(11)17-14(18-13)8-7-12-5-3-9-16-10-12/h2,4,6,12,16H,3,5,7-10H2,1H3. The van der Waals surface area contributed by atoms with Crippen molar-refractivity contribution in [3.8, 4) is 0 Å². The Hall–Kier alpha value is -1.35. The van der Waals surface area contributed by atoms with Crippen molar-refractivity contribution in [2.75, 3.05) is 13.1 Å². The first-order valence-corrected chi connectivity index (χ1v) is 6.88. The van der Waals surface area contributed by atoms with E-state index in [4.69, 9.17) is 4.42 Å². The van der Waals surface area contributed by atoms with Crippen LogP contribution < -0.4 is 5.32 Å². The number of hydrogen-bond donors (Lipinski definition) is 1. The van der Waals surface area contributed by atoms with Gasteiger partial charge in [-0.05, 0) is 56.8 Å². The summed E-state index contributed by atoms with van der Waals surface area (Å²) in [6.45, 7) is 4.41. The second kappa shape index (κ2) is 5.11. The minimum atomic E-state index is 0.787. The molecule has 0 saturated carbocycles. The Labute approximate surface area is 108 Å². The molecule has 2 heterocycles. The van der Waals surface area contributed by atoms with Crippen molar-refractivity contribution in [3.63, 3.8) is 0 Å². The van der Waals surface area contributed by atoms with Crippen molar-refractivity contribution in [1.29, 1.82) is 0 Å². The molecule has 1 N–H and O–H groups in total. The summed E-state index contributed by atoms with van der Waals surface area (Å²) >= 11 is 0. The minimum Gasteiger partial charge on any atom is -0.441 e. The van der Waals surface area contributed by atoms with E-state index >= 15 is 0 Å². The van der Waals surface area contributed by atoms with Gasteiger partial charge >= 0.3 is 0 Å². The van der Waals surface area contributed by atoms with E-state index in [0.717, 1.165) is 35.9 Å². The molecule has 0 bridgehead atoms. The van der Waals surface area contributed by atoms with E-state index in [1.807, 2.05) is 12.1 Å². The van der Waals surface area contributed by atoms with Gasteiger partial charge in [0.25, 0.3) is 0 Å². The van der Waals surface area contributed by atoms with Crippen LogP contribution in [0.1, 0.15) is 30.7 Å². The molecule has 3 nitrogen and oxygen atoms in total. The predicted molar refractivity (Wildman–Crippen MR) is 72.7 cm³/mol. The summed E-state index contributed by atoms with van der Waals surface area (Å²) in [5.41, 5.74) is 3.14. The van der Waals surface area contributed by atoms with Crippen LogP contribution in [0.3, 0.4) is 0 Å². The SMILES string of the molecule is Cc1cccc2oc(CCC3CCCNC3)nc12. The van der Waals surface area contributed by atoms with Gasteiger partial charge in [-0.25, -0.2) is 4.98 Å². The highest BCUT2D eigenvalue weighted by molar-refractivity contribution is 5.76. The first-order chi connectivity index (χ1) is 8.83. The van der Waals surface area contributed by atoms with Gasteiger partial charge in [0.15, 0.2) is 11.5 Å². The molecule has 3 rings (SSSR count). The van der Waals surface area contributed by atoms with Gasteiger partial charge < -0.3 is 9.73 Å². The fourth-order valence-corrected chi connectivity index (χ4v) is 2.74. The van der Waals surface area contributed by atoms with Crippen molar-refractivity contribution in [2.45, 2.75) is 32.6 Å². The third kappa shape index (κ3) is 2.41. The van der Waals surface area contributed by atoms with E-state index in [0.29, 0.717) is 0 Å². The van der Waals surface area contributed by atoms with Crippen LogP contribution in [0.5, 0.6) is 0 Å². The topological polar surface area (TPSA) is 38.1 Å². The second-order valence-electron chi connectivity index (χ2n) is 5.28. The van der Waals surface area contributed by atoms with E-state index in [1.165, 1.54) is 31.4 Å². The zero-order chi connectivity index (χ0) is 12.4. The van der Waals surface area contributed by atoms with Crippen LogP contribution >= 0.6 is 0 Å². The number of nitrogens with one attached hydrogen (secondary N) is 1. The first-order valence-electron chi connectivity index (χ1n) is 6.88. The maximum Gasteiger partial charge on any atom is 0.195 e. The Morgan fingerprint density at radius 2 is 2.39 bits per heavy atom. The number of aryl methyl sites for hydroxylation is 2. The van der Waals surface area contributed by atoms with Crippen LogP contribution in [-0.4, -0.2) is 18.1 Å². The molecule has 1 aliphatic rings. The van der Waals surface area contributed by atoms with Crippen LogP contribution in [0, 0.1) is 12.8 Å². The Bertz CT molecular complexity index is 526. The van der Waals surface area contributed by atoms with Gasteiger partial charge in [0.1, 0.15) is 5.52 Å². The number of aromatic nitrogens is 1. The van der Waals surface area contributed by atoms with Crippen LogP contribution in [0.2, 0.25) is 0 Å². The highest BCUT2D eigenvalue weighted by Gasteiger charge is 2.14. The summed E-state index contributed by atoms with van der Waals surface area (Å²) in [6.07, 6.45) is 4.78. The van der Waals surface area contributed by atoms with Crippen molar-refractivity contribution in [2.24, 2.45) is 5.92 Å². The van der Waals surface area contributed by atoms with Crippen molar-refractivity contribution in [1.82, 2.24) is 10.3 Å². The smallest absolute Gasteiger partial charge is 0.195 e. The average Bonchev–Trinajstić information content (AvgIpc) is 2.82. The molecule has 1 atom stereocenters. The lowest BCUT2D eigenvalue weighted by molar-refractivity contribution is 0.347. The quantitative estimate of drug-likeness (QED) is 0.901. The van der Waals surface area contributed by atoms with Crippen LogP contribution in [0.4, 0.5) is 0 Å². The van der Waals surface area contributed by atoms with Crippen LogP contribution in [0.15, 0.2) is 22.6 Å². The molecule has 1 aliphatic heterocycles.